The minimum atomic E-state index is -1.42. The van der Waals surface area contributed by atoms with Gasteiger partial charge in [0.2, 0.25) is 0 Å². The van der Waals surface area contributed by atoms with Crippen molar-refractivity contribution in [1.29, 1.82) is 0 Å². The van der Waals surface area contributed by atoms with E-state index in [1.165, 1.54) is 0 Å². The van der Waals surface area contributed by atoms with Crippen LogP contribution >= 0.6 is 0 Å². The lowest BCUT2D eigenvalue weighted by molar-refractivity contribution is 0.116. The zero-order chi connectivity index (χ0) is 21.1. The summed E-state index contributed by atoms with van der Waals surface area (Å²) in [6.45, 7) is 0. The summed E-state index contributed by atoms with van der Waals surface area (Å²) in [6.07, 6.45) is 0. The Hall–Kier alpha value is -3.95. The second kappa shape index (κ2) is 8.05. The Kier molecular flexibility index (Phi) is 4.95. The number of aliphatic hydroxyl groups is 1. The van der Waals surface area contributed by atoms with Gasteiger partial charge in [0, 0.05) is 11.1 Å². The van der Waals surface area contributed by atoms with Crippen molar-refractivity contribution in [2.24, 2.45) is 0 Å². The van der Waals surface area contributed by atoms with E-state index in [2.05, 4.69) is 4.98 Å². The molecular weight excluding hydrogens is 380 g/mol. The van der Waals surface area contributed by atoms with E-state index in [-0.39, 0.29) is 0 Å². The molecule has 2 N–H and O–H groups in total. The molecular formula is C28H22N2O. The monoisotopic (exact) mass is 402 g/mol. The molecule has 5 rings (SSSR count). The number of aromatic nitrogens is 2. The predicted molar refractivity (Wildman–Crippen MR) is 124 cm³/mol. The Bertz CT molecular complexity index is 1170. The summed E-state index contributed by atoms with van der Waals surface area (Å²) in [5, 5.41) is 12.2. The lowest BCUT2D eigenvalue weighted by atomic mass is 9.85. The molecule has 3 heteroatoms. The van der Waals surface area contributed by atoms with E-state index < -0.39 is 5.60 Å². The maximum atomic E-state index is 12.2. The van der Waals surface area contributed by atoms with E-state index in [0.29, 0.717) is 5.82 Å². The van der Waals surface area contributed by atoms with Gasteiger partial charge >= 0.3 is 0 Å². The third-order valence-corrected chi connectivity index (χ3v) is 5.54. The van der Waals surface area contributed by atoms with E-state index >= 15 is 0 Å². The molecule has 1 aromatic heterocycles. The summed E-state index contributed by atoms with van der Waals surface area (Å²) < 4.78 is 0. The normalized spacial score (nSPS) is 11.4. The van der Waals surface area contributed by atoms with Gasteiger partial charge in [0.05, 0.1) is 11.4 Å². The van der Waals surface area contributed by atoms with E-state index in [1.807, 2.05) is 121 Å². The SMILES string of the molecule is OC(c1ccccc1)(c1ccccc1)c1nc(-c2ccccc2)c(-c2ccccc2)[nH]1. The van der Waals surface area contributed by atoms with E-state index in [0.717, 1.165) is 33.6 Å². The zero-order valence-electron chi connectivity index (χ0n) is 16.9. The number of benzene rings is 4. The number of nitrogens with zero attached hydrogens (tertiary/aromatic N) is 1. The van der Waals surface area contributed by atoms with E-state index in [4.69, 9.17) is 4.98 Å². The summed E-state index contributed by atoms with van der Waals surface area (Å²) in [6, 6.07) is 39.5. The Morgan fingerprint density at radius 3 is 1.45 bits per heavy atom. The highest BCUT2D eigenvalue weighted by molar-refractivity contribution is 5.78. The number of nitrogens with one attached hydrogen (secondary N) is 1. The summed E-state index contributed by atoms with van der Waals surface area (Å²) >= 11 is 0. The molecule has 150 valence electrons. The molecule has 0 saturated heterocycles. The molecule has 0 radical (unpaired) electrons. The van der Waals surface area contributed by atoms with Crippen molar-refractivity contribution in [3.63, 3.8) is 0 Å². The smallest absolute Gasteiger partial charge is 0.173 e. The average Bonchev–Trinajstić information content (AvgIpc) is 3.32. The number of H-pyrrole nitrogens is 1. The van der Waals surface area contributed by atoms with Gasteiger partial charge in [0.15, 0.2) is 5.60 Å². The first-order valence-corrected chi connectivity index (χ1v) is 10.3. The van der Waals surface area contributed by atoms with Crippen LogP contribution in [0.25, 0.3) is 22.5 Å². The van der Waals surface area contributed by atoms with Crippen LogP contribution < -0.4 is 0 Å². The highest BCUT2D eigenvalue weighted by atomic mass is 16.3. The first-order valence-electron chi connectivity index (χ1n) is 10.3. The van der Waals surface area contributed by atoms with Crippen LogP contribution in [0.5, 0.6) is 0 Å². The lowest BCUT2D eigenvalue weighted by Gasteiger charge is -2.27. The van der Waals surface area contributed by atoms with Crippen LogP contribution in [0.3, 0.4) is 0 Å². The fourth-order valence-electron chi connectivity index (χ4n) is 3.96. The maximum absolute atomic E-state index is 12.2. The minimum Gasteiger partial charge on any atom is -0.373 e. The zero-order valence-corrected chi connectivity index (χ0v) is 16.9. The number of hydrogen-bond donors (Lipinski definition) is 2. The molecule has 0 aliphatic carbocycles. The number of aromatic amines is 1. The average molecular weight is 402 g/mol. The summed E-state index contributed by atoms with van der Waals surface area (Å²) in [5.74, 6) is 0.489. The molecule has 0 fully saturated rings. The number of hydrogen-bond acceptors (Lipinski definition) is 2. The topological polar surface area (TPSA) is 48.9 Å². The Morgan fingerprint density at radius 2 is 0.968 bits per heavy atom. The van der Waals surface area contributed by atoms with Gasteiger partial charge in [-0.2, -0.15) is 0 Å². The highest BCUT2D eigenvalue weighted by Crippen LogP contribution is 2.39. The van der Waals surface area contributed by atoms with E-state index in [1.54, 1.807) is 0 Å². The van der Waals surface area contributed by atoms with Crippen molar-refractivity contribution in [3.8, 4) is 22.5 Å². The third kappa shape index (κ3) is 3.45. The van der Waals surface area contributed by atoms with Crippen molar-refractivity contribution in [3.05, 3.63) is 138 Å². The molecule has 0 bridgehead atoms. The summed E-state index contributed by atoms with van der Waals surface area (Å²) in [5.41, 5.74) is 3.80. The molecule has 1 heterocycles. The van der Waals surface area contributed by atoms with Crippen LogP contribution in [0, 0.1) is 0 Å². The highest BCUT2D eigenvalue weighted by Gasteiger charge is 2.37. The van der Waals surface area contributed by atoms with Gasteiger partial charge in [0.1, 0.15) is 5.82 Å². The fraction of sp³-hybridized carbons (Fsp3) is 0.0357. The van der Waals surface area contributed by atoms with Gasteiger partial charge in [-0.25, -0.2) is 4.98 Å². The molecule has 0 amide bonds. The number of rotatable bonds is 5. The van der Waals surface area contributed by atoms with Crippen LogP contribution in [-0.2, 0) is 5.60 Å². The van der Waals surface area contributed by atoms with Crippen molar-refractivity contribution < 1.29 is 5.11 Å². The molecule has 0 aliphatic heterocycles. The molecule has 0 unspecified atom stereocenters. The Balaban J connectivity index is 1.78. The molecule has 0 atom stereocenters. The summed E-state index contributed by atoms with van der Waals surface area (Å²) in [7, 11) is 0. The van der Waals surface area contributed by atoms with Crippen LogP contribution in [0.4, 0.5) is 0 Å². The molecule has 3 nitrogen and oxygen atoms in total. The van der Waals surface area contributed by atoms with Crippen LogP contribution in [-0.4, -0.2) is 15.1 Å². The van der Waals surface area contributed by atoms with Crippen molar-refractivity contribution in [2.45, 2.75) is 5.60 Å². The first-order chi connectivity index (χ1) is 15.3. The minimum absolute atomic E-state index is 0.489. The molecule has 5 aromatic rings. The predicted octanol–water partition coefficient (Wildman–Crippen LogP) is 6.03. The van der Waals surface area contributed by atoms with Gasteiger partial charge in [-0.3, -0.25) is 0 Å². The van der Waals surface area contributed by atoms with Crippen molar-refractivity contribution in [2.75, 3.05) is 0 Å². The van der Waals surface area contributed by atoms with Gasteiger partial charge in [-0.05, 0) is 11.1 Å². The van der Waals surface area contributed by atoms with Crippen LogP contribution in [0.2, 0.25) is 0 Å². The molecule has 0 aliphatic rings. The third-order valence-electron chi connectivity index (χ3n) is 5.54. The number of imidazole rings is 1. The molecule has 0 saturated carbocycles. The van der Waals surface area contributed by atoms with Crippen LogP contribution in [0.15, 0.2) is 121 Å². The molecule has 4 aromatic carbocycles. The largest absolute Gasteiger partial charge is 0.373 e. The fourth-order valence-corrected chi connectivity index (χ4v) is 3.96. The van der Waals surface area contributed by atoms with Gasteiger partial charge < -0.3 is 10.1 Å². The van der Waals surface area contributed by atoms with E-state index in [9.17, 15) is 5.11 Å². The standard InChI is InChI=1S/C28H22N2O/c31-28(23-17-9-3-10-18-23,24-19-11-4-12-20-24)27-29-25(21-13-5-1-6-14-21)26(30-27)22-15-7-2-8-16-22/h1-20,31H,(H,29,30). The Morgan fingerprint density at radius 1 is 0.548 bits per heavy atom. The van der Waals surface area contributed by atoms with Gasteiger partial charge in [-0.1, -0.05) is 121 Å². The lowest BCUT2D eigenvalue weighted by Crippen LogP contribution is -2.30. The second-order valence-corrected chi connectivity index (χ2v) is 7.48. The van der Waals surface area contributed by atoms with Gasteiger partial charge in [0.25, 0.3) is 0 Å². The van der Waals surface area contributed by atoms with Crippen molar-refractivity contribution >= 4 is 0 Å². The summed E-state index contributed by atoms with van der Waals surface area (Å²) in [4.78, 5) is 8.45. The van der Waals surface area contributed by atoms with Crippen LogP contribution in [0.1, 0.15) is 17.0 Å². The van der Waals surface area contributed by atoms with Crippen molar-refractivity contribution in [1.82, 2.24) is 9.97 Å². The van der Waals surface area contributed by atoms with Gasteiger partial charge in [-0.15, -0.1) is 0 Å². The molecule has 31 heavy (non-hydrogen) atoms. The maximum Gasteiger partial charge on any atom is 0.173 e. The first kappa shape index (κ1) is 19.0. The second-order valence-electron chi connectivity index (χ2n) is 7.48. The Labute approximate surface area is 181 Å². The molecule has 0 spiro atoms. The quantitative estimate of drug-likeness (QED) is 0.377.